The molecule has 0 fully saturated rings. The molecule has 1 unspecified atom stereocenters. The van der Waals surface area contributed by atoms with Gasteiger partial charge in [-0.25, -0.2) is 0 Å². The molecular formula is C10H21NOS. The van der Waals surface area contributed by atoms with Crippen LogP contribution in [0.5, 0.6) is 0 Å². The quantitative estimate of drug-likeness (QED) is 0.631. The fraction of sp³-hybridized carbons (Fsp3) is 0.900. The molecule has 0 rings (SSSR count). The monoisotopic (exact) mass is 203 g/mol. The molecule has 0 heterocycles. The molecule has 0 spiro atoms. The molecule has 0 saturated carbocycles. The highest BCUT2D eigenvalue weighted by atomic mass is 32.2. The Hall–Kier alpha value is -0.0200. The maximum atomic E-state index is 11.2. The Kier molecular flexibility index (Phi) is 7.38. The van der Waals surface area contributed by atoms with Gasteiger partial charge in [0.25, 0.3) is 0 Å². The molecule has 2 nitrogen and oxygen atoms in total. The Bertz CT molecular complexity index is 150. The molecule has 0 amide bonds. The molecule has 0 saturated heterocycles. The summed E-state index contributed by atoms with van der Waals surface area (Å²) >= 11 is 1.84. The van der Waals surface area contributed by atoms with Crippen molar-refractivity contribution in [1.29, 1.82) is 0 Å². The zero-order chi connectivity index (χ0) is 10.3. The third-order valence-electron chi connectivity index (χ3n) is 2.27. The molecule has 0 aromatic carbocycles. The molecule has 0 aromatic heterocycles. The number of likely N-dealkylation sites (N-methyl/N-ethyl adjacent to an activating group) is 1. The lowest BCUT2D eigenvalue weighted by atomic mass is 10.2. The van der Waals surface area contributed by atoms with Gasteiger partial charge in [-0.15, -0.1) is 0 Å². The van der Waals surface area contributed by atoms with Gasteiger partial charge in [-0.05, 0) is 19.7 Å². The fourth-order valence-corrected chi connectivity index (χ4v) is 2.14. The number of carbonyl (C=O) groups excluding carboxylic acids is 1. The van der Waals surface area contributed by atoms with Crippen LogP contribution in [0.25, 0.3) is 0 Å². The summed E-state index contributed by atoms with van der Waals surface area (Å²) in [6, 6.07) is 0.547. The van der Waals surface area contributed by atoms with Crippen LogP contribution in [-0.2, 0) is 4.79 Å². The predicted molar refractivity (Wildman–Crippen MR) is 60.4 cm³/mol. The highest BCUT2D eigenvalue weighted by molar-refractivity contribution is 7.98. The highest BCUT2D eigenvalue weighted by Gasteiger charge is 2.13. The second-order valence-electron chi connectivity index (χ2n) is 3.32. The average Bonchev–Trinajstić information content (AvgIpc) is 2.13. The van der Waals surface area contributed by atoms with Gasteiger partial charge in [0.2, 0.25) is 0 Å². The zero-order valence-corrected chi connectivity index (χ0v) is 9.99. The SMILES string of the molecule is CCC(=O)CN(C)C(CC)CSC. The second-order valence-corrected chi connectivity index (χ2v) is 4.24. The second kappa shape index (κ2) is 7.39. The van der Waals surface area contributed by atoms with Crippen LogP contribution < -0.4 is 0 Å². The maximum Gasteiger partial charge on any atom is 0.146 e. The van der Waals surface area contributed by atoms with Gasteiger partial charge in [0.15, 0.2) is 0 Å². The van der Waals surface area contributed by atoms with E-state index in [9.17, 15) is 4.79 Å². The summed E-state index contributed by atoms with van der Waals surface area (Å²) in [6.45, 7) is 4.70. The van der Waals surface area contributed by atoms with Crippen molar-refractivity contribution >= 4 is 17.5 Å². The number of thioether (sulfide) groups is 1. The minimum atomic E-state index is 0.335. The number of nitrogens with zero attached hydrogens (tertiary/aromatic N) is 1. The lowest BCUT2D eigenvalue weighted by Crippen LogP contribution is -2.36. The van der Waals surface area contributed by atoms with E-state index in [1.165, 1.54) is 0 Å². The minimum absolute atomic E-state index is 0.335. The van der Waals surface area contributed by atoms with Gasteiger partial charge in [-0.1, -0.05) is 13.8 Å². The first-order chi connectivity index (χ1) is 6.15. The van der Waals surface area contributed by atoms with Crippen LogP contribution in [0.2, 0.25) is 0 Å². The van der Waals surface area contributed by atoms with Crippen LogP contribution in [0.3, 0.4) is 0 Å². The first-order valence-electron chi connectivity index (χ1n) is 4.86. The molecule has 78 valence electrons. The van der Waals surface area contributed by atoms with Crippen LogP contribution in [0.1, 0.15) is 26.7 Å². The summed E-state index contributed by atoms with van der Waals surface area (Å²) in [6.07, 6.45) is 3.88. The topological polar surface area (TPSA) is 20.3 Å². The van der Waals surface area contributed by atoms with Gasteiger partial charge in [-0.2, -0.15) is 11.8 Å². The molecular weight excluding hydrogens is 182 g/mol. The van der Waals surface area contributed by atoms with E-state index in [1.54, 1.807) is 0 Å². The van der Waals surface area contributed by atoms with Crippen LogP contribution in [0.15, 0.2) is 0 Å². The number of ketones is 1. The minimum Gasteiger partial charge on any atom is -0.298 e. The van der Waals surface area contributed by atoms with Crippen molar-refractivity contribution < 1.29 is 4.79 Å². The van der Waals surface area contributed by atoms with E-state index in [2.05, 4.69) is 18.1 Å². The van der Waals surface area contributed by atoms with Gasteiger partial charge in [-0.3, -0.25) is 9.69 Å². The molecule has 0 aliphatic carbocycles. The summed E-state index contributed by atoms with van der Waals surface area (Å²) in [7, 11) is 2.04. The Morgan fingerprint density at radius 2 is 2.08 bits per heavy atom. The van der Waals surface area contributed by atoms with Crippen LogP contribution >= 0.6 is 11.8 Å². The molecule has 0 radical (unpaired) electrons. The summed E-state index contributed by atoms with van der Waals surface area (Å²) < 4.78 is 0. The van der Waals surface area contributed by atoms with Crippen molar-refractivity contribution in [2.24, 2.45) is 0 Å². The Morgan fingerprint density at radius 3 is 2.46 bits per heavy atom. The molecule has 0 N–H and O–H groups in total. The number of hydrogen-bond donors (Lipinski definition) is 0. The highest BCUT2D eigenvalue weighted by Crippen LogP contribution is 2.08. The van der Waals surface area contributed by atoms with E-state index in [1.807, 2.05) is 25.7 Å². The first kappa shape index (κ1) is 13.0. The van der Waals surface area contributed by atoms with E-state index >= 15 is 0 Å². The molecule has 3 heteroatoms. The maximum absolute atomic E-state index is 11.2. The lowest BCUT2D eigenvalue weighted by molar-refractivity contribution is -0.120. The largest absolute Gasteiger partial charge is 0.298 e. The molecule has 1 atom stereocenters. The first-order valence-corrected chi connectivity index (χ1v) is 6.25. The number of hydrogen-bond acceptors (Lipinski definition) is 3. The molecule has 0 aromatic rings. The standard InChI is InChI=1S/C10H21NOS/c1-5-9(8-13-4)11(3)7-10(12)6-2/h9H,5-8H2,1-4H3. The molecule has 0 bridgehead atoms. The van der Waals surface area contributed by atoms with Crippen molar-refractivity contribution in [3.05, 3.63) is 0 Å². The lowest BCUT2D eigenvalue weighted by Gasteiger charge is -2.25. The van der Waals surface area contributed by atoms with E-state index in [0.29, 0.717) is 24.8 Å². The molecule has 0 aliphatic rings. The van der Waals surface area contributed by atoms with Crippen LogP contribution in [0.4, 0.5) is 0 Å². The van der Waals surface area contributed by atoms with Gasteiger partial charge in [0.1, 0.15) is 5.78 Å². The normalized spacial score (nSPS) is 13.3. The fourth-order valence-electron chi connectivity index (χ4n) is 1.27. The Labute approximate surface area is 86.1 Å². The van der Waals surface area contributed by atoms with Crippen molar-refractivity contribution in [2.75, 3.05) is 25.6 Å². The zero-order valence-electron chi connectivity index (χ0n) is 9.17. The van der Waals surface area contributed by atoms with E-state index in [-0.39, 0.29) is 0 Å². The summed E-state index contributed by atoms with van der Waals surface area (Å²) in [4.78, 5) is 13.4. The number of rotatable bonds is 7. The number of carbonyl (C=O) groups is 1. The Morgan fingerprint density at radius 1 is 1.46 bits per heavy atom. The van der Waals surface area contributed by atoms with Crippen molar-refractivity contribution in [3.63, 3.8) is 0 Å². The van der Waals surface area contributed by atoms with E-state index in [0.717, 1.165) is 12.2 Å². The smallest absolute Gasteiger partial charge is 0.146 e. The Balaban J connectivity index is 3.89. The van der Waals surface area contributed by atoms with Crippen molar-refractivity contribution in [1.82, 2.24) is 4.90 Å². The van der Waals surface area contributed by atoms with E-state index < -0.39 is 0 Å². The van der Waals surface area contributed by atoms with Crippen molar-refractivity contribution in [2.45, 2.75) is 32.7 Å². The van der Waals surface area contributed by atoms with Gasteiger partial charge in [0.05, 0.1) is 6.54 Å². The number of Topliss-reactive ketones (excluding diaryl/α,β-unsaturated/α-hetero) is 1. The van der Waals surface area contributed by atoms with E-state index in [4.69, 9.17) is 0 Å². The van der Waals surface area contributed by atoms with Crippen molar-refractivity contribution in [3.8, 4) is 0 Å². The summed E-state index contributed by atoms with van der Waals surface area (Å²) in [5.74, 6) is 1.45. The molecule has 0 aliphatic heterocycles. The predicted octanol–water partition coefficient (Wildman–Crippen LogP) is 2.04. The third-order valence-corrected chi connectivity index (χ3v) is 2.99. The molecule has 13 heavy (non-hydrogen) atoms. The van der Waals surface area contributed by atoms with Gasteiger partial charge >= 0.3 is 0 Å². The van der Waals surface area contributed by atoms with Crippen LogP contribution in [0, 0.1) is 0 Å². The third kappa shape index (κ3) is 5.32. The van der Waals surface area contributed by atoms with Gasteiger partial charge < -0.3 is 0 Å². The summed E-state index contributed by atoms with van der Waals surface area (Å²) in [5.41, 5.74) is 0. The van der Waals surface area contributed by atoms with Gasteiger partial charge in [0, 0.05) is 18.2 Å². The van der Waals surface area contributed by atoms with Crippen LogP contribution in [-0.4, -0.2) is 42.3 Å². The summed E-state index contributed by atoms with van der Waals surface area (Å²) in [5, 5.41) is 0. The average molecular weight is 203 g/mol.